The number of phenols is 1. The summed E-state index contributed by atoms with van der Waals surface area (Å²) in [4.78, 5) is 24.8. The van der Waals surface area contributed by atoms with Crippen molar-refractivity contribution in [2.45, 2.75) is 45.4 Å². The van der Waals surface area contributed by atoms with Crippen molar-refractivity contribution >= 4 is 23.7 Å². The van der Waals surface area contributed by atoms with Crippen molar-refractivity contribution in [2.24, 2.45) is 0 Å². The molecule has 0 aromatic heterocycles. The zero-order valence-corrected chi connectivity index (χ0v) is 16.8. The smallest absolute Gasteiger partial charge is 0.408 e. The first-order valence-corrected chi connectivity index (χ1v) is 9.19. The van der Waals surface area contributed by atoms with Gasteiger partial charge in [-0.3, -0.25) is 0 Å². The first kappa shape index (κ1) is 21.6. The van der Waals surface area contributed by atoms with Crippen LogP contribution in [0.4, 0.5) is 4.79 Å². The molecule has 2 N–H and O–H groups in total. The first-order chi connectivity index (χ1) is 13.1. The van der Waals surface area contributed by atoms with E-state index in [0.717, 1.165) is 5.56 Å². The van der Waals surface area contributed by atoms with E-state index in [0.29, 0.717) is 5.56 Å². The van der Waals surface area contributed by atoms with E-state index in [1.54, 1.807) is 26.8 Å². The van der Waals surface area contributed by atoms with E-state index < -0.39 is 23.7 Å². The summed E-state index contributed by atoms with van der Waals surface area (Å²) in [6.45, 7) is 5.28. The second kappa shape index (κ2) is 9.46. The topological polar surface area (TPSA) is 84.9 Å². The fourth-order valence-corrected chi connectivity index (χ4v) is 2.59. The molecule has 0 radical (unpaired) electrons. The second-order valence-electron chi connectivity index (χ2n) is 7.28. The number of esters is 1. The van der Waals surface area contributed by atoms with Gasteiger partial charge in [-0.25, -0.2) is 9.59 Å². The summed E-state index contributed by atoms with van der Waals surface area (Å²) in [6, 6.07) is 12.8. The van der Waals surface area contributed by atoms with Gasteiger partial charge < -0.3 is 19.9 Å². The average Bonchev–Trinajstić information content (AvgIpc) is 2.61. The maximum absolute atomic E-state index is 12.6. The normalized spacial score (nSPS) is 12.1. The van der Waals surface area contributed by atoms with E-state index in [4.69, 9.17) is 21.1 Å². The first-order valence-electron chi connectivity index (χ1n) is 8.81. The fraction of sp³-hybridized carbons (Fsp3) is 0.333. The third-order valence-corrected chi connectivity index (χ3v) is 3.95. The van der Waals surface area contributed by atoms with Gasteiger partial charge in [-0.1, -0.05) is 48.0 Å². The number of rotatable bonds is 6. The van der Waals surface area contributed by atoms with Gasteiger partial charge in [0.25, 0.3) is 0 Å². The van der Waals surface area contributed by atoms with E-state index in [-0.39, 0.29) is 23.8 Å². The lowest BCUT2D eigenvalue weighted by Gasteiger charge is -2.23. The van der Waals surface area contributed by atoms with Crippen LogP contribution in [0, 0.1) is 0 Å². The predicted octanol–water partition coefficient (Wildman–Crippen LogP) is 4.22. The highest BCUT2D eigenvalue weighted by Gasteiger charge is 2.26. The van der Waals surface area contributed by atoms with Crippen LogP contribution in [0.5, 0.6) is 5.75 Å². The van der Waals surface area contributed by atoms with Gasteiger partial charge in [0.15, 0.2) is 0 Å². The number of ether oxygens (including phenoxy) is 2. The molecule has 2 aromatic carbocycles. The molecular formula is C21H24ClNO5. The second-order valence-corrected chi connectivity index (χ2v) is 7.69. The van der Waals surface area contributed by atoms with Crippen LogP contribution in [0.1, 0.15) is 31.9 Å². The Kier molecular flexibility index (Phi) is 7.29. The number of hydrogen-bond donors (Lipinski definition) is 2. The molecule has 2 rings (SSSR count). The van der Waals surface area contributed by atoms with Gasteiger partial charge >= 0.3 is 12.1 Å². The Morgan fingerprint density at radius 3 is 2.39 bits per heavy atom. The molecule has 0 heterocycles. The molecule has 7 heteroatoms. The van der Waals surface area contributed by atoms with Crippen LogP contribution in [0.25, 0.3) is 0 Å². The van der Waals surface area contributed by atoms with Crippen molar-refractivity contribution in [3.63, 3.8) is 0 Å². The SMILES string of the molecule is CC(C)(C)OC(=O)N[C@H](Cc1ccc(O)c(Cl)c1)C(=O)OCc1ccccc1. The summed E-state index contributed by atoms with van der Waals surface area (Å²) >= 11 is 5.93. The van der Waals surface area contributed by atoms with Crippen LogP contribution in [-0.4, -0.2) is 28.8 Å². The van der Waals surface area contributed by atoms with Gasteiger partial charge in [0.1, 0.15) is 24.0 Å². The molecule has 0 bridgehead atoms. The van der Waals surface area contributed by atoms with Gasteiger partial charge in [-0.05, 0) is 44.0 Å². The van der Waals surface area contributed by atoms with Gasteiger partial charge in [0, 0.05) is 6.42 Å². The van der Waals surface area contributed by atoms with Gasteiger partial charge in [-0.15, -0.1) is 0 Å². The van der Waals surface area contributed by atoms with Gasteiger partial charge in [0.05, 0.1) is 5.02 Å². The molecule has 150 valence electrons. The molecule has 0 aliphatic carbocycles. The average molecular weight is 406 g/mol. The zero-order chi connectivity index (χ0) is 20.7. The van der Waals surface area contributed by atoms with E-state index in [9.17, 15) is 14.7 Å². The van der Waals surface area contributed by atoms with Crippen LogP contribution < -0.4 is 5.32 Å². The number of carbonyl (C=O) groups is 2. The number of halogens is 1. The number of phenolic OH excluding ortho intramolecular Hbond substituents is 1. The molecule has 28 heavy (non-hydrogen) atoms. The quantitative estimate of drug-likeness (QED) is 0.702. The number of carbonyl (C=O) groups excluding carboxylic acids is 2. The van der Waals surface area contributed by atoms with Crippen LogP contribution in [0.15, 0.2) is 48.5 Å². The maximum Gasteiger partial charge on any atom is 0.408 e. The molecule has 0 fully saturated rings. The van der Waals surface area contributed by atoms with Crippen molar-refractivity contribution in [1.29, 1.82) is 0 Å². The highest BCUT2D eigenvalue weighted by atomic mass is 35.5. The van der Waals surface area contributed by atoms with Crippen molar-refractivity contribution < 1.29 is 24.2 Å². The summed E-state index contributed by atoms with van der Waals surface area (Å²) in [5.41, 5.74) is 0.782. The molecule has 1 atom stereocenters. The zero-order valence-electron chi connectivity index (χ0n) is 16.1. The highest BCUT2D eigenvalue weighted by Crippen LogP contribution is 2.24. The number of hydrogen-bond acceptors (Lipinski definition) is 5. The molecule has 6 nitrogen and oxygen atoms in total. The van der Waals surface area contributed by atoms with Crippen LogP contribution in [0.2, 0.25) is 5.02 Å². The Labute approximate surface area is 169 Å². The molecule has 2 aromatic rings. The fourth-order valence-electron chi connectivity index (χ4n) is 2.39. The molecule has 0 saturated heterocycles. The Morgan fingerprint density at radius 2 is 1.79 bits per heavy atom. The lowest BCUT2D eigenvalue weighted by atomic mass is 10.1. The standard InChI is InChI=1S/C21H24ClNO5/c1-21(2,3)28-20(26)23-17(12-15-9-10-18(24)16(22)11-15)19(25)27-13-14-7-5-4-6-8-14/h4-11,17,24H,12-13H2,1-3H3,(H,23,26)/t17-/m1/s1. The van der Waals surface area contributed by atoms with Crippen molar-refractivity contribution in [2.75, 3.05) is 0 Å². The molecular weight excluding hydrogens is 382 g/mol. The van der Waals surface area contributed by atoms with Gasteiger partial charge in [0.2, 0.25) is 0 Å². The molecule has 0 saturated carbocycles. The molecule has 0 aliphatic rings. The van der Waals surface area contributed by atoms with Crippen molar-refractivity contribution in [3.8, 4) is 5.75 Å². The molecule has 0 aliphatic heterocycles. The van der Waals surface area contributed by atoms with E-state index >= 15 is 0 Å². The molecule has 0 spiro atoms. The number of amides is 1. The van der Waals surface area contributed by atoms with Crippen LogP contribution in [0.3, 0.4) is 0 Å². The van der Waals surface area contributed by atoms with E-state index in [1.807, 2.05) is 30.3 Å². The predicted molar refractivity (Wildman–Crippen MR) is 106 cm³/mol. The Hall–Kier alpha value is -2.73. The summed E-state index contributed by atoms with van der Waals surface area (Å²) in [6.07, 6.45) is -0.591. The monoisotopic (exact) mass is 405 g/mol. The Balaban J connectivity index is 2.10. The molecule has 0 unspecified atom stereocenters. The van der Waals surface area contributed by atoms with E-state index in [1.165, 1.54) is 12.1 Å². The summed E-state index contributed by atoms with van der Waals surface area (Å²) in [5, 5.41) is 12.3. The van der Waals surface area contributed by atoms with Crippen molar-refractivity contribution in [1.82, 2.24) is 5.32 Å². The van der Waals surface area contributed by atoms with Gasteiger partial charge in [-0.2, -0.15) is 0 Å². The third-order valence-electron chi connectivity index (χ3n) is 3.65. The largest absolute Gasteiger partial charge is 0.506 e. The van der Waals surface area contributed by atoms with Crippen molar-refractivity contribution in [3.05, 3.63) is 64.7 Å². The highest BCUT2D eigenvalue weighted by molar-refractivity contribution is 6.32. The Morgan fingerprint density at radius 1 is 1.11 bits per heavy atom. The number of benzene rings is 2. The summed E-state index contributed by atoms with van der Waals surface area (Å²) in [5.74, 6) is -0.660. The lowest BCUT2D eigenvalue weighted by molar-refractivity contribution is -0.147. The third kappa shape index (κ3) is 7.12. The maximum atomic E-state index is 12.6. The van der Waals surface area contributed by atoms with Crippen LogP contribution in [-0.2, 0) is 27.3 Å². The van der Waals surface area contributed by atoms with Crippen LogP contribution >= 0.6 is 11.6 Å². The number of nitrogens with one attached hydrogen (secondary N) is 1. The molecule has 1 amide bonds. The number of alkyl carbamates (subject to hydrolysis) is 1. The number of aromatic hydroxyl groups is 1. The Bertz CT molecular complexity index is 817. The minimum atomic E-state index is -0.973. The minimum Gasteiger partial charge on any atom is -0.506 e. The lowest BCUT2D eigenvalue weighted by Crippen LogP contribution is -2.45. The summed E-state index contributed by atoms with van der Waals surface area (Å²) in [7, 11) is 0. The summed E-state index contributed by atoms with van der Waals surface area (Å²) < 4.78 is 10.6. The minimum absolute atomic E-state index is 0.0614. The van der Waals surface area contributed by atoms with E-state index in [2.05, 4.69) is 5.32 Å².